The molecular weight excluding hydrogens is 460 g/mol. The standard InChI is InChI=1S/C22H23F2N9O2/c1-12(10-34)33-21(29-30-31-33)15-3-2-4-19(27-15)28-22(35)16-7-18(14(8-25-16)20(23)24)32-9-17(26-11-32)13-5-6-13/h2-4,7-9,11-13,20,30-31,34H,5-6,10H2,1H3,(H,27,28,35). The molecule has 0 radical (unpaired) electrons. The van der Waals surface area contributed by atoms with E-state index in [1.807, 2.05) is 0 Å². The highest BCUT2D eigenvalue weighted by Crippen LogP contribution is 2.39. The van der Waals surface area contributed by atoms with Crippen LogP contribution in [0.15, 0.2) is 48.1 Å². The maximum atomic E-state index is 13.7. The van der Waals surface area contributed by atoms with E-state index in [0.29, 0.717) is 17.4 Å². The lowest BCUT2D eigenvalue weighted by Gasteiger charge is -2.24. The van der Waals surface area contributed by atoms with Gasteiger partial charge in [-0.05, 0) is 38.0 Å². The van der Waals surface area contributed by atoms with Crippen LogP contribution in [0.2, 0.25) is 0 Å². The highest BCUT2D eigenvalue weighted by Gasteiger charge is 2.27. The van der Waals surface area contributed by atoms with E-state index >= 15 is 0 Å². The summed E-state index contributed by atoms with van der Waals surface area (Å²) >= 11 is 0. The Morgan fingerprint density at radius 2 is 2.14 bits per heavy atom. The van der Waals surface area contributed by atoms with Gasteiger partial charge in [0.1, 0.15) is 17.2 Å². The molecule has 5 rings (SSSR count). The van der Waals surface area contributed by atoms with E-state index in [9.17, 15) is 18.7 Å². The zero-order valence-corrected chi connectivity index (χ0v) is 18.7. The Hall–Kier alpha value is -3.97. The van der Waals surface area contributed by atoms with E-state index in [1.54, 1.807) is 36.3 Å². The quantitative estimate of drug-likeness (QED) is 0.383. The number of hydrazine groups is 2. The number of amidine groups is 1. The number of aliphatic hydroxyl groups excluding tert-OH is 1. The number of hydrogen-bond donors (Lipinski definition) is 4. The average molecular weight is 483 g/mol. The Bertz CT molecular complexity index is 1280. The van der Waals surface area contributed by atoms with Gasteiger partial charge in [-0.25, -0.2) is 24.3 Å². The van der Waals surface area contributed by atoms with Crippen LogP contribution in [0.4, 0.5) is 14.6 Å². The van der Waals surface area contributed by atoms with Crippen LogP contribution in [-0.4, -0.2) is 54.0 Å². The Morgan fingerprint density at radius 3 is 2.89 bits per heavy atom. The molecule has 11 nitrogen and oxygen atoms in total. The summed E-state index contributed by atoms with van der Waals surface area (Å²) in [6.07, 6.45) is 3.50. The molecule has 182 valence electrons. The molecule has 1 aliphatic carbocycles. The van der Waals surface area contributed by atoms with Gasteiger partial charge in [0.25, 0.3) is 12.3 Å². The van der Waals surface area contributed by atoms with Gasteiger partial charge in [-0.1, -0.05) is 6.07 Å². The number of halogens is 2. The first-order valence-corrected chi connectivity index (χ1v) is 11.0. The molecule has 4 N–H and O–H groups in total. The second kappa shape index (κ2) is 9.35. The number of alkyl halides is 2. The molecule has 3 aromatic rings. The number of pyridine rings is 2. The van der Waals surface area contributed by atoms with E-state index in [-0.39, 0.29) is 35.4 Å². The second-order valence-corrected chi connectivity index (χ2v) is 8.33. The van der Waals surface area contributed by atoms with Crippen molar-refractivity contribution in [3.63, 3.8) is 0 Å². The summed E-state index contributed by atoms with van der Waals surface area (Å²) in [5, 5.41) is 17.8. The largest absolute Gasteiger partial charge is 0.394 e. The summed E-state index contributed by atoms with van der Waals surface area (Å²) in [5.74, 6) is 0.402. The summed E-state index contributed by atoms with van der Waals surface area (Å²) in [5.41, 5.74) is 6.51. The Morgan fingerprint density at radius 1 is 1.31 bits per heavy atom. The van der Waals surface area contributed by atoms with Crippen LogP contribution in [0.25, 0.3) is 5.69 Å². The number of nitrogens with zero attached hydrogens (tertiary/aromatic N) is 6. The van der Waals surface area contributed by atoms with Gasteiger partial charge in [-0.2, -0.15) is 0 Å². The third-order valence-corrected chi connectivity index (χ3v) is 5.74. The summed E-state index contributed by atoms with van der Waals surface area (Å²) in [7, 11) is 0. The molecule has 3 aromatic heterocycles. The van der Waals surface area contributed by atoms with Gasteiger partial charge in [-0.3, -0.25) is 14.8 Å². The van der Waals surface area contributed by atoms with Crippen LogP contribution in [0.1, 0.15) is 59.5 Å². The molecule has 1 unspecified atom stereocenters. The maximum absolute atomic E-state index is 13.7. The second-order valence-electron chi connectivity index (χ2n) is 8.33. The number of nitrogens with one attached hydrogen (secondary N) is 3. The lowest BCUT2D eigenvalue weighted by atomic mass is 10.2. The molecule has 0 bridgehead atoms. The van der Waals surface area contributed by atoms with Crippen molar-refractivity contribution in [1.82, 2.24) is 35.6 Å². The topological polar surface area (TPSA) is 133 Å². The van der Waals surface area contributed by atoms with Crippen LogP contribution < -0.4 is 16.4 Å². The number of hydrazone groups is 1. The lowest BCUT2D eigenvalue weighted by Crippen LogP contribution is -2.48. The molecular formula is C22H23F2N9O2. The number of aromatic nitrogens is 4. The van der Waals surface area contributed by atoms with Crippen LogP contribution in [-0.2, 0) is 0 Å². The lowest BCUT2D eigenvalue weighted by molar-refractivity contribution is 0.102. The van der Waals surface area contributed by atoms with Crippen molar-refractivity contribution in [3.05, 3.63) is 65.6 Å². The molecule has 1 aliphatic heterocycles. The minimum absolute atomic E-state index is 0.0460. The van der Waals surface area contributed by atoms with E-state index in [2.05, 4.69) is 36.4 Å². The number of hydrogen-bond acceptors (Lipinski definition) is 9. The first-order valence-electron chi connectivity index (χ1n) is 11.0. The highest BCUT2D eigenvalue weighted by molar-refractivity contribution is 6.03. The van der Waals surface area contributed by atoms with E-state index in [4.69, 9.17) is 0 Å². The number of rotatable bonds is 8. The number of anilines is 1. The molecule has 4 heterocycles. The fourth-order valence-corrected chi connectivity index (χ4v) is 3.66. The molecule has 1 atom stereocenters. The predicted molar refractivity (Wildman–Crippen MR) is 122 cm³/mol. The molecule has 1 amide bonds. The van der Waals surface area contributed by atoms with Crippen molar-refractivity contribution in [1.29, 1.82) is 0 Å². The summed E-state index contributed by atoms with van der Waals surface area (Å²) in [4.78, 5) is 25.6. The molecule has 0 spiro atoms. The maximum Gasteiger partial charge on any atom is 0.275 e. The van der Waals surface area contributed by atoms with Crippen LogP contribution in [0.3, 0.4) is 0 Å². The zero-order chi connectivity index (χ0) is 24.5. The molecule has 13 heteroatoms. The van der Waals surface area contributed by atoms with Gasteiger partial charge in [0.2, 0.25) is 0 Å². The smallest absolute Gasteiger partial charge is 0.275 e. The Balaban J connectivity index is 1.39. The van der Waals surface area contributed by atoms with Crippen molar-refractivity contribution >= 4 is 17.6 Å². The van der Waals surface area contributed by atoms with Crippen molar-refractivity contribution in [3.8, 4) is 5.69 Å². The van der Waals surface area contributed by atoms with Crippen LogP contribution in [0.5, 0.6) is 0 Å². The van der Waals surface area contributed by atoms with E-state index in [1.165, 1.54) is 17.0 Å². The third-order valence-electron chi connectivity index (χ3n) is 5.74. The van der Waals surface area contributed by atoms with E-state index < -0.39 is 12.3 Å². The van der Waals surface area contributed by atoms with Crippen molar-refractivity contribution in [2.45, 2.75) is 38.2 Å². The predicted octanol–water partition coefficient (Wildman–Crippen LogP) is 2.10. The van der Waals surface area contributed by atoms with Gasteiger partial charge in [0.15, 0.2) is 5.84 Å². The molecule has 2 aliphatic rings. The first-order chi connectivity index (χ1) is 16.9. The SMILES string of the molecule is CC(CO)N1NNN=C1c1cccc(NC(=O)c2cc(-n3cnc(C4CC4)c3)c(C(F)F)cn2)n1. The summed E-state index contributed by atoms with van der Waals surface area (Å²) in [6.45, 7) is 1.67. The molecule has 1 fully saturated rings. The van der Waals surface area contributed by atoms with Crippen molar-refractivity contribution in [2.75, 3.05) is 11.9 Å². The number of amides is 1. The average Bonchev–Trinajstić information content (AvgIpc) is 3.39. The van der Waals surface area contributed by atoms with Gasteiger partial charge in [-0.15, -0.1) is 10.6 Å². The fourth-order valence-electron chi connectivity index (χ4n) is 3.66. The minimum Gasteiger partial charge on any atom is -0.394 e. The van der Waals surface area contributed by atoms with Crippen molar-refractivity contribution in [2.24, 2.45) is 5.10 Å². The number of carbonyl (C=O) groups is 1. The summed E-state index contributed by atoms with van der Waals surface area (Å²) in [6, 6.07) is 6.00. The normalized spacial score (nSPS) is 16.3. The van der Waals surface area contributed by atoms with Gasteiger partial charge in [0, 0.05) is 18.3 Å². The fraction of sp³-hybridized carbons (Fsp3) is 0.318. The van der Waals surface area contributed by atoms with Crippen LogP contribution in [0, 0.1) is 0 Å². The highest BCUT2D eigenvalue weighted by atomic mass is 19.3. The van der Waals surface area contributed by atoms with E-state index in [0.717, 1.165) is 24.7 Å². The molecule has 0 saturated heterocycles. The van der Waals surface area contributed by atoms with Gasteiger partial charge >= 0.3 is 0 Å². The summed E-state index contributed by atoms with van der Waals surface area (Å²) < 4.78 is 28.8. The van der Waals surface area contributed by atoms with Crippen molar-refractivity contribution < 1.29 is 18.7 Å². The number of imidazole rings is 1. The van der Waals surface area contributed by atoms with Crippen LogP contribution >= 0.6 is 0 Å². The molecule has 1 saturated carbocycles. The molecule has 0 aromatic carbocycles. The van der Waals surface area contributed by atoms with Gasteiger partial charge < -0.3 is 15.0 Å². The first kappa shape index (κ1) is 22.8. The number of carbonyl (C=O) groups excluding carboxylic acids is 1. The monoisotopic (exact) mass is 483 g/mol. The minimum atomic E-state index is -2.77. The zero-order valence-electron chi connectivity index (χ0n) is 18.7. The molecule has 35 heavy (non-hydrogen) atoms. The third kappa shape index (κ3) is 4.68. The van der Waals surface area contributed by atoms with Gasteiger partial charge in [0.05, 0.1) is 35.9 Å². The number of aliphatic hydroxyl groups is 1. The Labute approximate surface area is 198 Å². The Kier molecular flexibility index (Phi) is 6.09.